The molecule has 0 aliphatic rings. The first-order valence-corrected chi connectivity index (χ1v) is 5.22. The Morgan fingerprint density at radius 3 is 2.33 bits per heavy atom. The van der Waals surface area contributed by atoms with E-state index in [1.165, 1.54) is 0 Å². The van der Waals surface area contributed by atoms with Crippen molar-refractivity contribution in [2.24, 2.45) is 5.73 Å². The summed E-state index contributed by atoms with van der Waals surface area (Å²) in [7, 11) is 3.10. The molecule has 0 aliphatic heterocycles. The second kappa shape index (κ2) is 5.34. The lowest BCUT2D eigenvalue weighted by Crippen LogP contribution is -2.12. The van der Waals surface area contributed by atoms with Gasteiger partial charge in [-0.25, -0.2) is 0 Å². The van der Waals surface area contributed by atoms with E-state index < -0.39 is 6.10 Å². The van der Waals surface area contributed by atoms with Gasteiger partial charge in [-0.2, -0.15) is 0 Å². The molecule has 0 aliphatic carbocycles. The number of ether oxygens (including phenoxy) is 2. The van der Waals surface area contributed by atoms with Gasteiger partial charge in [-0.1, -0.05) is 15.9 Å². The molecule has 1 unspecified atom stereocenters. The molecule has 0 aromatic heterocycles. The third-order valence-corrected chi connectivity index (χ3v) is 2.77. The maximum Gasteiger partial charge on any atom is 0.161 e. The van der Waals surface area contributed by atoms with Crippen LogP contribution in [0.1, 0.15) is 11.7 Å². The molecule has 0 amide bonds. The van der Waals surface area contributed by atoms with Crippen molar-refractivity contribution < 1.29 is 14.6 Å². The Labute approximate surface area is 97.1 Å². The van der Waals surface area contributed by atoms with Crippen molar-refractivity contribution in [3.05, 3.63) is 22.2 Å². The van der Waals surface area contributed by atoms with Gasteiger partial charge in [0.1, 0.15) is 0 Å². The first-order chi connectivity index (χ1) is 7.13. The Kier molecular flexibility index (Phi) is 4.38. The average molecular weight is 276 g/mol. The molecule has 84 valence electrons. The maximum absolute atomic E-state index is 9.64. The molecule has 0 fully saturated rings. The predicted octanol–water partition coefficient (Wildman–Crippen LogP) is 1.46. The molecule has 0 bridgehead atoms. The third kappa shape index (κ3) is 2.62. The first-order valence-electron chi connectivity index (χ1n) is 4.43. The lowest BCUT2D eigenvalue weighted by atomic mass is 10.1. The zero-order valence-electron chi connectivity index (χ0n) is 8.66. The topological polar surface area (TPSA) is 64.7 Å². The van der Waals surface area contributed by atoms with E-state index in [0.717, 1.165) is 4.47 Å². The molecule has 1 rings (SSSR count). The SMILES string of the molecule is COc1cc(Br)c(C(O)CN)cc1OC. The number of aliphatic hydroxyl groups is 1. The monoisotopic (exact) mass is 275 g/mol. The molecule has 1 aromatic carbocycles. The lowest BCUT2D eigenvalue weighted by Gasteiger charge is -2.14. The zero-order valence-corrected chi connectivity index (χ0v) is 10.2. The molecule has 1 aromatic rings. The van der Waals surface area contributed by atoms with Gasteiger partial charge in [-0.3, -0.25) is 0 Å². The second-order valence-electron chi connectivity index (χ2n) is 2.98. The largest absolute Gasteiger partial charge is 0.493 e. The Morgan fingerprint density at radius 2 is 1.87 bits per heavy atom. The zero-order chi connectivity index (χ0) is 11.4. The van der Waals surface area contributed by atoms with Crippen molar-refractivity contribution in [3.63, 3.8) is 0 Å². The van der Waals surface area contributed by atoms with Crippen molar-refractivity contribution in [3.8, 4) is 11.5 Å². The van der Waals surface area contributed by atoms with Crippen molar-refractivity contribution in [1.29, 1.82) is 0 Å². The second-order valence-corrected chi connectivity index (χ2v) is 3.83. The molecular formula is C10H14BrNO3. The van der Waals surface area contributed by atoms with Crippen LogP contribution in [-0.2, 0) is 0 Å². The van der Waals surface area contributed by atoms with Crippen LogP contribution < -0.4 is 15.2 Å². The number of nitrogens with two attached hydrogens (primary N) is 1. The Hall–Kier alpha value is -0.780. The van der Waals surface area contributed by atoms with Crippen molar-refractivity contribution >= 4 is 15.9 Å². The van der Waals surface area contributed by atoms with E-state index in [9.17, 15) is 5.11 Å². The van der Waals surface area contributed by atoms with Gasteiger partial charge in [-0.15, -0.1) is 0 Å². The van der Waals surface area contributed by atoms with E-state index in [2.05, 4.69) is 15.9 Å². The third-order valence-electron chi connectivity index (χ3n) is 2.09. The minimum absolute atomic E-state index is 0.161. The maximum atomic E-state index is 9.64. The molecule has 4 nitrogen and oxygen atoms in total. The van der Waals surface area contributed by atoms with Crippen LogP contribution in [0.25, 0.3) is 0 Å². The highest BCUT2D eigenvalue weighted by Crippen LogP contribution is 2.35. The number of rotatable bonds is 4. The molecule has 0 spiro atoms. The molecule has 3 N–H and O–H groups in total. The molecule has 15 heavy (non-hydrogen) atoms. The summed E-state index contributed by atoms with van der Waals surface area (Å²) in [6.45, 7) is 0.161. The van der Waals surface area contributed by atoms with Crippen LogP contribution in [0.3, 0.4) is 0 Å². The van der Waals surface area contributed by atoms with Gasteiger partial charge < -0.3 is 20.3 Å². The van der Waals surface area contributed by atoms with Crippen LogP contribution in [0.15, 0.2) is 16.6 Å². The summed E-state index contributed by atoms with van der Waals surface area (Å²) in [5, 5.41) is 9.64. The predicted molar refractivity (Wildman–Crippen MR) is 61.3 cm³/mol. The van der Waals surface area contributed by atoms with Crippen LogP contribution in [0.2, 0.25) is 0 Å². The molecule has 0 radical (unpaired) electrons. The van der Waals surface area contributed by atoms with Gasteiger partial charge in [0.05, 0.1) is 20.3 Å². The highest BCUT2D eigenvalue weighted by atomic mass is 79.9. The van der Waals surface area contributed by atoms with Crippen LogP contribution in [0, 0.1) is 0 Å². The van der Waals surface area contributed by atoms with Crippen molar-refractivity contribution in [2.75, 3.05) is 20.8 Å². The van der Waals surface area contributed by atoms with E-state index in [1.54, 1.807) is 26.4 Å². The smallest absolute Gasteiger partial charge is 0.161 e. The number of methoxy groups -OCH3 is 2. The summed E-state index contributed by atoms with van der Waals surface area (Å²) in [4.78, 5) is 0. The van der Waals surface area contributed by atoms with Gasteiger partial charge in [0, 0.05) is 11.0 Å². The standard InChI is InChI=1S/C10H14BrNO3/c1-14-9-3-6(8(13)5-12)7(11)4-10(9)15-2/h3-4,8,13H,5,12H2,1-2H3. The summed E-state index contributed by atoms with van der Waals surface area (Å²) >= 11 is 3.34. The van der Waals surface area contributed by atoms with Crippen LogP contribution in [-0.4, -0.2) is 25.9 Å². The summed E-state index contributed by atoms with van der Waals surface area (Å²) in [6.07, 6.45) is -0.709. The van der Waals surface area contributed by atoms with Crippen LogP contribution >= 0.6 is 15.9 Å². The fourth-order valence-electron chi connectivity index (χ4n) is 1.25. The minimum Gasteiger partial charge on any atom is -0.493 e. The fraction of sp³-hybridized carbons (Fsp3) is 0.400. The lowest BCUT2D eigenvalue weighted by molar-refractivity contribution is 0.185. The number of halogens is 1. The highest BCUT2D eigenvalue weighted by molar-refractivity contribution is 9.10. The van der Waals surface area contributed by atoms with Gasteiger partial charge >= 0.3 is 0 Å². The molecule has 5 heteroatoms. The summed E-state index contributed by atoms with van der Waals surface area (Å²) < 4.78 is 11.0. The molecular weight excluding hydrogens is 262 g/mol. The van der Waals surface area contributed by atoms with Crippen LogP contribution in [0.5, 0.6) is 11.5 Å². The van der Waals surface area contributed by atoms with E-state index >= 15 is 0 Å². The van der Waals surface area contributed by atoms with Gasteiger partial charge in [0.25, 0.3) is 0 Å². The summed E-state index contributed by atoms with van der Waals surface area (Å²) in [5.41, 5.74) is 6.08. The number of hydrogen-bond acceptors (Lipinski definition) is 4. The Balaban J connectivity index is 3.19. The minimum atomic E-state index is -0.709. The number of benzene rings is 1. The van der Waals surface area contributed by atoms with Gasteiger partial charge in [0.2, 0.25) is 0 Å². The van der Waals surface area contributed by atoms with Gasteiger partial charge in [0.15, 0.2) is 11.5 Å². The normalized spacial score (nSPS) is 12.3. The Morgan fingerprint density at radius 1 is 1.33 bits per heavy atom. The number of hydrogen-bond donors (Lipinski definition) is 2. The Bertz CT molecular complexity index is 344. The van der Waals surface area contributed by atoms with Crippen LogP contribution in [0.4, 0.5) is 0 Å². The average Bonchev–Trinajstić information content (AvgIpc) is 2.27. The molecule has 0 heterocycles. The number of aliphatic hydroxyl groups excluding tert-OH is 1. The molecule has 0 saturated heterocycles. The summed E-state index contributed by atoms with van der Waals surface area (Å²) in [6, 6.07) is 3.45. The van der Waals surface area contributed by atoms with Crippen molar-refractivity contribution in [2.45, 2.75) is 6.10 Å². The fourth-order valence-corrected chi connectivity index (χ4v) is 1.84. The highest BCUT2D eigenvalue weighted by Gasteiger charge is 2.14. The van der Waals surface area contributed by atoms with Gasteiger partial charge in [-0.05, 0) is 17.7 Å². The van der Waals surface area contributed by atoms with E-state index in [0.29, 0.717) is 17.1 Å². The van der Waals surface area contributed by atoms with E-state index in [4.69, 9.17) is 15.2 Å². The first kappa shape index (κ1) is 12.3. The molecule has 1 atom stereocenters. The van der Waals surface area contributed by atoms with E-state index in [-0.39, 0.29) is 6.54 Å². The quantitative estimate of drug-likeness (QED) is 0.873. The summed E-state index contributed by atoms with van der Waals surface area (Å²) in [5.74, 6) is 1.18. The van der Waals surface area contributed by atoms with Crippen molar-refractivity contribution in [1.82, 2.24) is 0 Å². The van der Waals surface area contributed by atoms with E-state index in [1.807, 2.05) is 0 Å². The molecule has 0 saturated carbocycles.